The highest BCUT2D eigenvalue weighted by molar-refractivity contribution is 7.98. The molecule has 3 rings (SSSR count). The molecule has 6 heteroatoms. The zero-order chi connectivity index (χ0) is 16.4. The lowest BCUT2D eigenvalue weighted by atomic mass is 10.2. The number of rotatable bonds is 3. The first kappa shape index (κ1) is 16.1. The number of hydrogen-bond acceptors (Lipinski definition) is 3. The van der Waals surface area contributed by atoms with Crippen LogP contribution >= 0.6 is 35.0 Å². The highest BCUT2D eigenvalue weighted by Crippen LogP contribution is 2.22. The first-order chi connectivity index (χ1) is 11.1. The van der Waals surface area contributed by atoms with Gasteiger partial charge >= 0.3 is 0 Å². The van der Waals surface area contributed by atoms with E-state index in [1.165, 1.54) is 4.90 Å². The predicted molar refractivity (Wildman–Crippen MR) is 99.3 cm³/mol. The van der Waals surface area contributed by atoms with E-state index >= 15 is 0 Å². The summed E-state index contributed by atoms with van der Waals surface area (Å²) >= 11 is 13.9. The number of nitrogens with zero attached hydrogens (tertiary/aromatic N) is 1. The van der Waals surface area contributed by atoms with Crippen LogP contribution in [0.3, 0.4) is 0 Å². The lowest BCUT2D eigenvalue weighted by Crippen LogP contribution is -2.10. The molecule has 116 valence electrons. The van der Waals surface area contributed by atoms with E-state index in [-0.39, 0.29) is 5.56 Å². The zero-order valence-electron chi connectivity index (χ0n) is 12.1. The molecule has 23 heavy (non-hydrogen) atoms. The lowest BCUT2D eigenvalue weighted by molar-refractivity contribution is 1.14. The maximum atomic E-state index is 12.1. The van der Waals surface area contributed by atoms with Crippen molar-refractivity contribution in [2.75, 3.05) is 6.26 Å². The Kier molecular flexibility index (Phi) is 4.76. The van der Waals surface area contributed by atoms with Crippen molar-refractivity contribution in [1.29, 1.82) is 0 Å². The van der Waals surface area contributed by atoms with Crippen molar-refractivity contribution in [2.24, 2.45) is 0 Å². The van der Waals surface area contributed by atoms with Crippen LogP contribution in [0.2, 0.25) is 5.02 Å². The van der Waals surface area contributed by atoms with Crippen molar-refractivity contribution in [1.82, 2.24) is 9.97 Å². The van der Waals surface area contributed by atoms with Gasteiger partial charge in [-0.05, 0) is 48.2 Å². The second kappa shape index (κ2) is 6.79. The molecule has 0 aliphatic carbocycles. The smallest absolute Gasteiger partial charge is 0.259 e. The Morgan fingerprint density at radius 2 is 1.96 bits per heavy atom. The van der Waals surface area contributed by atoms with Crippen molar-refractivity contribution >= 4 is 57.0 Å². The molecule has 3 nitrogen and oxygen atoms in total. The van der Waals surface area contributed by atoms with Crippen LogP contribution in [-0.2, 0) is 0 Å². The molecule has 0 spiro atoms. The van der Waals surface area contributed by atoms with Gasteiger partial charge in [-0.1, -0.05) is 35.3 Å². The minimum absolute atomic E-state index is 0.267. The molecule has 0 bridgehead atoms. The Bertz CT molecular complexity index is 949. The van der Waals surface area contributed by atoms with E-state index in [0.717, 1.165) is 5.56 Å². The molecule has 0 radical (unpaired) electrons. The molecular weight excluding hydrogens is 351 g/mol. The van der Waals surface area contributed by atoms with Gasteiger partial charge in [0.05, 0.1) is 15.9 Å². The molecule has 0 aliphatic rings. The van der Waals surface area contributed by atoms with Crippen molar-refractivity contribution in [3.63, 3.8) is 0 Å². The Morgan fingerprint density at radius 3 is 2.65 bits per heavy atom. The molecular formula is C17H12Cl2N2OS. The van der Waals surface area contributed by atoms with Crippen LogP contribution in [-0.4, -0.2) is 16.2 Å². The molecule has 0 saturated carbocycles. The Morgan fingerprint density at radius 1 is 1.22 bits per heavy atom. The number of aromatic amines is 1. The highest BCUT2D eigenvalue weighted by atomic mass is 35.5. The average Bonchev–Trinajstić information content (AvgIpc) is 2.56. The summed E-state index contributed by atoms with van der Waals surface area (Å²) < 4.78 is 0. The minimum atomic E-state index is -0.267. The molecule has 0 saturated heterocycles. The summed E-state index contributed by atoms with van der Waals surface area (Å²) in [5.74, 6) is 0.334. The van der Waals surface area contributed by atoms with Gasteiger partial charge in [-0.2, -0.15) is 0 Å². The fourth-order valence-corrected chi connectivity index (χ4v) is 2.93. The second-order valence-corrected chi connectivity index (χ2v) is 6.56. The number of hydrogen-bond donors (Lipinski definition) is 1. The largest absolute Gasteiger partial charge is 0.305 e. The van der Waals surface area contributed by atoms with Gasteiger partial charge in [0.15, 0.2) is 5.82 Å². The SMILES string of the molecule is CSc1ccc(/C=C(\Cl)c2nc3ccc(Cl)cc3c(=O)[nH]2)cc1. The van der Waals surface area contributed by atoms with Gasteiger partial charge in [0.2, 0.25) is 0 Å². The number of fused-ring (bicyclic) bond motifs is 1. The van der Waals surface area contributed by atoms with Crippen molar-refractivity contribution in [2.45, 2.75) is 4.90 Å². The number of nitrogens with one attached hydrogen (secondary N) is 1. The van der Waals surface area contributed by atoms with Gasteiger partial charge in [0.25, 0.3) is 5.56 Å². The molecule has 1 aromatic heterocycles. The summed E-state index contributed by atoms with van der Waals surface area (Å²) in [5, 5.41) is 1.30. The first-order valence-electron chi connectivity index (χ1n) is 6.78. The molecule has 2 aromatic carbocycles. The van der Waals surface area contributed by atoms with E-state index in [9.17, 15) is 4.79 Å². The van der Waals surface area contributed by atoms with E-state index in [1.807, 2.05) is 30.5 Å². The summed E-state index contributed by atoms with van der Waals surface area (Å²) in [6.07, 6.45) is 3.79. The molecule has 1 N–H and O–H groups in total. The van der Waals surface area contributed by atoms with Gasteiger partial charge in [-0.15, -0.1) is 11.8 Å². The van der Waals surface area contributed by atoms with Crippen molar-refractivity contribution in [3.05, 3.63) is 69.2 Å². The van der Waals surface area contributed by atoms with Crippen LogP contribution in [0, 0.1) is 0 Å². The van der Waals surface area contributed by atoms with E-state index < -0.39 is 0 Å². The molecule has 0 amide bonds. The van der Waals surface area contributed by atoms with Gasteiger partial charge in [-0.3, -0.25) is 4.79 Å². The summed E-state index contributed by atoms with van der Waals surface area (Å²) in [7, 11) is 0. The molecule has 0 fully saturated rings. The van der Waals surface area contributed by atoms with Gasteiger partial charge < -0.3 is 4.98 Å². The van der Waals surface area contributed by atoms with E-state index in [2.05, 4.69) is 9.97 Å². The fraction of sp³-hybridized carbons (Fsp3) is 0.0588. The van der Waals surface area contributed by atoms with Crippen LogP contribution in [0.15, 0.2) is 52.2 Å². The maximum Gasteiger partial charge on any atom is 0.259 e. The Hall–Kier alpha value is -1.75. The monoisotopic (exact) mass is 362 g/mol. The summed E-state index contributed by atoms with van der Waals surface area (Å²) in [5.41, 5.74) is 1.22. The summed E-state index contributed by atoms with van der Waals surface area (Å²) in [6, 6.07) is 12.9. The molecule has 3 aromatic rings. The number of halogens is 2. The van der Waals surface area contributed by atoms with E-state index in [1.54, 1.807) is 36.0 Å². The molecule has 0 aliphatic heterocycles. The number of aromatic nitrogens is 2. The van der Waals surface area contributed by atoms with E-state index in [4.69, 9.17) is 23.2 Å². The molecule has 0 unspecified atom stereocenters. The highest BCUT2D eigenvalue weighted by Gasteiger charge is 2.07. The third kappa shape index (κ3) is 3.61. The van der Waals surface area contributed by atoms with Crippen LogP contribution in [0.5, 0.6) is 0 Å². The van der Waals surface area contributed by atoms with Crippen molar-refractivity contribution < 1.29 is 0 Å². The van der Waals surface area contributed by atoms with Gasteiger partial charge in [0.1, 0.15) is 0 Å². The zero-order valence-corrected chi connectivity index (χ0v) is 14.5. The topological polar surface area (TPSA) is 45.8 Å². The molecule has 0 atom stereocenters. The lowest BCUT2D eigenvalue weighted by Gasteiger charge is -2.03. The predicted octanol–water partition coefficient (Wildman–Crippen LogP) is 5.04. The van der Waals surface area contributed by atoms with Crippen molar-refractivity contribution in [3.8, 4) is 0 Å². The van der Waals surface area contributed by atoms with E-state index in [0.29, 0.717) is 26.8 Å². The third-order valence-electron chi connectivity index (χ3n) is 3.30. The van der Waals surface area contributed by atoms with Crippen LogP contribution in [0.25, 0.3) is 22.0 Å². The molecule has 1 heterocycles. The quantitative estimate of drug-likeness (QED) is 0.664. The van der Waals surface area contributed by atoms with Gasteiger partial charge in [0, 0.05) is 9.92 Å². The minimum Gasteiger partial charge on any atom is -0.305 e. The summed E-state index contributed by atoms with van der Waals surface area (Å²) in [6.45, 7) is 0. The summed E-state index contributed by atoms with van der Waals surface area (Å²) in [4.78, 5) is 20.4. The van der Waals surface area contributed by atoms with Gasteiger partial charge in [-0.25, -0.2) is 4.98 Å². The standard InChI is InChI=1S/C17H12Cl2N2OS/c1-23-12-5-2-10(3-6-12)8-14(19)16-20-15-7-4-11(18)9-13(15)17(22)21-16/h2-9H,1H3,(H,20,21,22)/b14-8-. The number of benzene rings is 2. The van der Waals surface area contributed by atoms with Crippen LogP contribution < -0.4 is 5.56 Å². The Labute approximate surface area is 147 Å². The third-order valence-corrected chi connectivity index (χ3v) is 4.57. The van der Waals surface area contributed by atoms with Crippen LogP contribution in [0.4, 0.5) is 0 Å². The Balaban J connectivity index is 2.02. The normalized spacial score (nSPS) is 11.9. The first-order valence-corrected chi connectivity index (χ1v) is 8.76. The average molecular weight is 363 g/mol. The maximum absolute atomic E-state index is 12.1. The van der Waals surface area contributed by atoms with Crippen LogP contribution in [0.1, 0.15) is 11.4 Å². The number of thioether (sulfide) groups is 1. The fourth-order valence-electron chi connectivity index (χ4n) is 2.14. The number of H-pyrrole nitrogens is 1. The second-order valence-electron chi connectivity index (χ2n) is 4.84.